The van der Waals surface area contributed by atoms with Crippen LogP contribution in [0.4, 0.5) is 0 Å². The van der Waals surface area contributed by atoms with E-state index < -0.39 is 0 Å². The molecule has 0 radical (unpaired) electrons. The summed E-state index contributed by atoms with van der Waals surface area (Å²) >= 11 is 0. The highest BCUT2D eigenvalue weighted by Gasteiger charge is 1.91. The number of rotatable bonds is 4. The smallest absolute Gasteiger partial charge is 0.218 e. The van der Waals surface area contributed by atoms with E-state index in [2.05, 4.69) is 24.9 Å². The lowest BCUT2D eigenvalue weighted by Crippen LogP contribution is -1.83. The standard InChI is InChI=1S/C10H15NO/c1-9(2)5-3-4-6-10-11-7-8-12-10/h4,6-9H,3,5H2,1-2H3/b6-4+. The monoisotopic (exact) mass is 165 g/mol. The molecule has 0 bridgehead atoms. The molecule has 0 fully saturated rings. The molecule has 1 heterocycles. The summed E-state index contributed by atoms with van der Waals surface area (Å²) in [6.07, 6.45) is 9.58. The van der Waals surface area contributed by atoms with Crippen LogP contribution in [0.3, 0.4) is 0 Å². The van der Waals surface area contributed by atoms with Gasteiger partial charge in [0, 0.05) is 0 Å². The van der Waals surface area contributed by atoms with Gasteiger partial charge < -0.3 is 4.42 Å². The number of aromatic nitrogens is 1. The van der Waals surface area contributed by atoms with Crippen molar-refractivity contribution in [3.05, 3.63) is 24.4 Å². The molecular weight excluding hydrogens is 150 g/mol. The molecule has 12 heavy (non-hydrogen) atoms. The van der Waals surface area contributed by atoms with E-state index in [-0.39, 0.29) is 0 Å². The Bertz CT molecular complexity index is 224. The second-order valence-corrected chi connectivity index (χ2v) is 3.24. The number of oxazole rings is 1. The van der Waals surface area contributed by atoms with Gasteiger partial charge in [-0.15, -0.1) is 0 Å². The highest BCUT2D eigenvalue weighted by Crippen LogP contribution is 2.05. The largest absolute Gasteiger partial charge is 0.445 e. The zero-order valence-electron chi connectivity index (χ0n) is 7.66. The van der Waals surface area contributed by atoms with E-state index in [9.17, 15) is 0 Å². The van der Waals surface area contributed by atoms with Crippen LogP contribution in [0.2, 0.25) is 0 Å². The molecule has 0 N–H and O–H groups in total. The van der Waals surface area contributed by atoms with Crippen molar-refractivity contribution in [1.29, 1.82) is 0 Å². The molecule has 0 aliphatic heterocycles. The van der Waals surface area contributed by atoms with Crippen LogP contribution in [0.15, 0.2) is 23.0 Å². The lowest BCUT2D eigenvalue weighted by Gasteiger charge is -1.97. The third kappa shape index (κ3) is 3.37. The third-order valence-electron chi connectivity index (χ3n) is 1.62. The fourth-order valence-corrected chi connectivity index (χ4v) is 0.930. The molecule has 0 amide bonds. The number of allylic oxidation sites excluding steroid dienone is 1. The van der Waals surface area contributed by atoms with Crippen LogP contribution < -0.4 is 0 Å². The highest BCUT2D eigenvalue weighted by atomic mass is 16.3. The zero-order valence-corrected chi connectivity index (χ0v) is 7.66. The SMILES string of the molecule is CC(C)CC/C=C/c1ncco1. The van der Waals surface area contributed by atoms with E-state index in [4.69, 9.17) is 4.42 Å². The van der Waals surface area contributed by atoms with E-state index >= 15 is 0 Å². The summed E-state index contributed by atoms with van der Waals surface area (Å²) in [4.78, 5) is 3.98. The van der Waals surface area contributed by atoms with Gasteiger partial charge in [-0.25, -0.2) is 4.98 Å². The Morgan fingerprint density at radius 1 is 1.58 bits per heavy atom. The first-order chi connectivity index (χ1) is 5.79. The van der Waals surface area contributed by atoms with Gasteiger partial charge in [-0.1, -0.05) is 19.9 Å². The second-order valence-electron chi connectivity index (χ2n) is 3.24. The van der Waals surface area contributed by atoms with Gasteiger partial charge in [-0.2, -0.15) is 0 Å². The Labute approximate surface area is 73.3 Å². The molecule has 1 rings (SSSR count). The van der Waals surface area contributed by atoms with Gasteiger partial charge >= 0.3 is 0 Å². The molecule has 0 aliphatic carbocycles. The summed E-state index contributed by atoms with van der Waals surface area (Å²) < 4.78 is 5.04. The van der Waals surface area contributed by atoms with Crippen molar-refractivity contribution < 1.29 is 4.42 Å². The maximum Gasteiger partial charge on any atom is 0.218 e. The Balaban J connectivity index is 2.23. The predicted molar refractivity (Wildman–Crippen MR) is 49.6 cm³/mol. The molecule has 0 spiro atoms. The molecule has 0 unspecified atom stereocenters. The number of nitrogens with zero attached hydrogens (tertiary/aromatic N) is 1. The summed E-state index contributed by atoms with van der Waals surface area (Å²) in [7, 11) is 0. The maximum atomic E-state index is 5.04. The summed E-state index contributed by atoms with van der Waals surface area (Å²) in [5, 5.41) is 0. The normalized spacial score (nSPS) is 11.6. The first-order valence-electron chi connectivity index (χ1n) is 4.35. The lowest BCUT2D eigenvalue weighted by atomic mass is 10.1. The van der Waals surface area contributed by atoms with Crippen LogP contribution in [0, 0.1) is 5.92 Å². The van der Waals surface area contributed by atoms with Crippen molar-refractivity contribution >= 4 is 6.08 Å². The van der Waals surface area contributed by atoms with Crippen LogP contribution in [0.1, 0.15) is 32.6 Å². The maximum absolute atomic E-state index is 5.04. The number of hydrogen-bond donors (Lipinski definition) is 0. The van der Waals surface area contributed by atoms with E-state index in [1.54, 1.807) is 12.5 Å². The topological polar surface area (TPSA) is 26.0 Å². The van der Waals surface area contributed by atoms with Crippen molar-refractivity contribution in [2.75, 3.05) is 0 Å². The Morgan fingerprint density at radius 2 is 2.42 bits per heavy atom. The Kier molecular flexibility index (Phi) is 3.58. The molecule has 0 atom stereocenters. The van der Waals surface area contributed by atoms with E-state index in [0.717, 1.165) is 12.3 Å². The van der Waals surface area contributed by atoms with Crippen molar-refractivity contribution in [3.63, 3.8) is 0 Å². The van der Waals surface area contributed by atoms with Crippen LogP contribution >= 0.6 is 0 Å². The summed E-state index contributed by atoms with van der Waals surface area (Å²) in [6, 6.07) is 0. The van der Waals surface area contributed by atoms with E-state index in [1.165, 1.54) is 6.42 Å². The summed E-state index contributed by atoms with van der Waals surface area (Å²) in [5.41, 5.74) is 0. The fourth-order valence-electron chi connectivity index (χ4n) is 0.930. The second kappa shape index (κ2) is 4.75. The summed E-state index contributed by atoms with van der Waals surface area (Å²) in [6.45, 7) is 4.44. The third-order valence-corrected chi connectivity index (χ3v) is 1.62. The van der Waals surface area contributed by atoms with E-state index in [1.807, 2.05) is 6.08 Å². The highest BCUT2D eigenvalue weighted by molar-refractivity contribution is 5.36. The molecule has 66 valence electrons. The average molecular weight is 165 g/mol. The molecule has 0 saturated heterocycles. The first kappa shape index (κ1) is 9.04. The minimum absolute atomic E-state index is 0.693. The van der Waals surface area contributed by atoms with Gasteiger partial charge in [0.2, 0.25) is 5.89 Å². The van der Waals surface area contributed by atoms with E-state index in [0.29, 0.717) is 5.89 Å². The predicted octanol–water partition coefficient (Wildman–Crippen LogP) is 3.12. The Hall–Kier alpha value is -1.05. The number of hydrogen-bond acceptors (Lipinski definition) is 2. The van der Waals surface area contributed by atoms with Crippen molar-refractivity contribution in [2.24, 2.45) is 5.92 Å². The van der Waals surface area contributed by atoms with Crippen molar-refractivity contribution in [1.82, 2.24) is 4.98 Å². The first-order valence-corrected chi connectivity index (χ1v) is 4.35. The van der Waals surface area contributed by atoms with Gasteiger partial charge in [0.05, 0.1) is 6.20 Å². The molecular formula is C10H15NO. The van der Waals surface area contributed by atoms with Gasteiger partial charge in [-0.3, -0.25) is 0 Å². The molecule has 0 aliphatic rings. The van der Waals surface area contributed by atoms with Gasteiger partial charge in [0.1, 0.15) is 6.26 Å². The van der Waals surface area contributed by atoms with Crippen molar-refractivity contribution in [2.45, 2.75) is 26.7 Å². The molecule has 2 nitrogen and oxygen atoms in total. The molecule has 2 heteroatoms. The van der Waals surface area contributed by atoms with Gasteiger partial charge in [0.15, 0.2) is 0 Å². The van der Waals surface area contributed by atoms with Gasteiger partial charge in [-0.05, 0) is 24.8 Å². The lowest BCUT2D eigenvalue weighted by molar-refractivity contribution is 0.545. The van der Waals surface area contributed by atoms with Crippen LogP contribution in [-0.4, -0.2) is 4.98 Å². The van der Waals surface area contributed by atoms with Crippen molar-refractivity contribution in [3.8, 4) is 0 Å². The van der Waals surface area contributed by atoms with Gasteiger partial charge in [0.25, 0.3) is 0 Å². The van der Waals surface area contributed by atoms with Crippen LogP contribution in [0.25, 0.3) is 6.08 Å². The fraction of sp³-hybridized carbons (Fsp3) is 0.500. The minimum atomic E-state index is 0.693. The molecule has 1 aromatic rings. The quantitative estimate of drug-likeness (QED) is 0.685. The average Bonchev–Trinajstić information content (AvgIpc) is 2.49. The van der Waals surface area contributed by atoms with Crippen LogP contribution in [-0.2, 0) is 0 Å². The zero-order chi connectivity index (χ0) is 8.81. The Morgan fingerprint density at radius 3 is 3.00 bits per heavy atom. The molecule has 0 saturated carbocycles. The molecule has 0 aromatic carbocycles. The van der Waals surface area contributed by atoms with Crippen LogP contribution in [0.5, 0.6) is 0 Å². The summed E-state index contributed by atoms with van der Waals surface area (Å²) in [5.74, 6) is 1.46. The molecule has 1 aromatic heterocycles. The minimum Gasteiger partial charge on any atom is -0.445 e.